The zero-order chi connectivity index (χ0) is 26.8. The Hall–Kier alpha value is -3.60. The summed E-state index contributed by atoms with van der Waals surface area (Å²) in [4.78, 5) is 18.6. The second-order valence-corrected chi connectivity index (χ2v) is 10.0. The lowest BCUT2D eigenvalue weighted by Gasteiger charge is -2.27. The third-order valence-corrected chi connectivity index (χ3v) is 7.22. The number of benzene rings is 2. The van der Waals surface area contributed by atoms with Crippen LogP contribution in [0.25, 0.3) is 11.3 Å². The summed E-state index contributed by atoms with van der Waals surface area (Å²) in [7, 11) is 1.48. The highest BCUT2D eigenvalue weighted by Crippen LogP contribution is 2.44. The van der Waals surface area contributed by atoms with Crippen LogP contribution in [0.15, 0.2) is 81.8 Å². The highest BCUT2D eigenvalue weighted by atomic mass is 79.9. The van der Waals surface area contributed by atoms with Crippen molar-refractivity contribution in [3.05, 3.63) is 100 Å². The monoisotopic (exact) mass is 594 g/mol. The highest BCUT2D eigenvalue weighted by Gasteiger charge is 2.42. The molecule has 3 heterocycles. The number of aryl methyl sites for hydroxylation is 1. The fraction of sp³-hybridized carbons (Fsp3) is 0.179. The van der Waals surface area contributed by atoms with Crippen LogP contribution < -0.4 is 15.5 Å². The number of furan rings is 1. The maximum absolute atomic E-state index is 13.7. The van der Waals surface area contributed by atoms with E-state index in [-0.39, 0.29) is 30.4 Å². The summed E-state index contributed by atoms with van der Waals surface area (Å²) in [5.41, 5.74) is 3.93. The number of nitrogens with one attached hydrogen (secondary N) is 2. The van der Waals surface area contributed by atoms with Gasteiger partial charge in [0.25, 0.3) is 0 Å². The first-order chi connectivity index (χ1) is 18.4. The van der Waals surface area contributed by atoms with Gasteiger partial charge in [-0.1, -0.05) is 6.07 Å². The molecule has 2 atom stereocenters. The highest BCUT2D eigenvalue weighted by molar-refractivity contribution is 9.10. The van der Waals surface area contributed by atoms with Crippen LogP contribution in [0.5, 0.6) is 0 Å². The lowest BCUT2D eigenvalue weighted by atomic mass is 10.0. The van der Waals surface area contributed by atoms with E-state index < -0.39 is 0 Å². The van der Waals surface area contributed by atoms with E-state index in [0.717, 1.165) is 22.5 Å². The summed E-state index contributed by atoms with van der Waals surface area (Å²) in [6, 6.07) is 19.0. The summed E-state index contributed by atoms with van der Waals surface area (Å²) in [5.74, 6) is 0.687. The van der Waals surface area contributed by atoms with E-state index in [2.05, 4.69) is 31.5 Å². The first-order valence-electron chi connectivity index (χ1n) is 11.8. The fourth-order valence-electron chi connectivity index (χ4n) is 4.52. The zero-order valence-electron chi connectivity index (χ0n) is 20.6. The van der Waals surface area contributed by atoms with E-state index in [1.165, 1.54) is 19.2 Å². The van der Waals surface area contributed by atoms with Crippen molar-refractivity contribution in [1.82, 2.24) is 10.3 Å². The van der Waals surface area contributed by atoms with Gasteiger partial charge in [0.2, 0.25) is 5.91 Å². The van der Waals surface area contributed by atoms with E-state index in [4.69, 9.17) is 21.4 Å². The fourth-order valence-corrected chi connectivity index (χ4v) is 5.42. The smallest absolute Gasteiger partial charge is 0.250 e. The standard InChI is InChI=1S/C28H24BrFN4O3S/c1-16-13-18(7-9-21(16)32-25(35)15-36-2)34-27(26(33-28(34)38)22-5-3-4-12-31-22)24-11-10-23(37-24)19-8-6-17(30)14-20(19)29/h3-14,26-27H,15H2,1-2H3,(H,32,35)(H,33,38)/t26-,27+/m0/s1. The van der Waals surface area contributed by atoms with Crippen LogP contribution in [0.2, 0.25) is 0 Å². The summed E-state index contributed by atoms with van der Waals surface area (Å²) < 4.78 is 25.6. The third kappa shape index (κ3) is 5.20. The SMILES string of the molecule is COCC(=O)Nc1ccc(N2C(=S)N[C@@H](c3ccccn3)[C@H]2c2ccc(-c3ccc(F)cc3Br)o2)cc1C. The number of amides is 1. The molecule has 194 valence electrons. The van der Waals surface area contributed by atoms with Crippen LogP contribution in [0, 0.1) is 12.7 Å². The van der Waals surface area contributed by atoms with E-state index in [1.807, 2.05) is 60.4 Å². The summed E-state index contributed by atoms with van der Waals surface area (Å²) >= 11 is 9.24. The molecule has 1 fully saturated rings. The van der Waals surface area contributed by atoms with Crippen molar-refractivity contribution in [2.45, 2.75) is 19.0 Å². The Balaban J connectivity index is 1.55. The van der Waals surface area contributed by atoms with Crippen molar-refractivity contribution in [1.29, 1.82) is 0 Å². The van der Waals surface area contributed by atoms with Crippen molar-refractivity contribution in [2.24, 2.45) is 0 Å². The Morgan fingerprint density at radius 2 is 2.05 bits per heavy atom. The molecule has 1 saturated heterocycles. The molecule has 5 rings (SSSR count). The van der Waals surface area contributed by atoms with E-state index in [9.17, 15) is 9.18 Å². The Bertz CT molecular complexity index is 1500. The molecule has 1 amide bonds. The summed E-state index contributed by atoms with van der Waals surface area (Å²) in [5, 5.41) is 6.78. The van der Waals surface area contributed by atoms with Gasteiger partial charge in [0.1, 0.15) is 30.0 Å². The second kappa shape index (κ2) is 11.0. The van der Waals surface area contributed by atoms with Gasteiger partial charge in [0, 0.05) is 34.7 Å². The number of carbonyl (C=O) groups is 1. The maximum Gasteiger partial charge on any atom is 0.250 e. The quantitative estimate of drug-likeness (QED) is 0.243. The molecule has 0 unspecified atom stereocenters. The lowest BCUT2D eigenvalue weighted by Crippen LogP contribution is -2.29. The van der Waals surface area contributed by atoms with Crippen LogP contribution in [-0.2, 0) is 9.53 Å². The third-order valence-electron chi connectivity index (χ3n) is 6.25. The number of carbonyl (C=O) groups excluding carboxylic acids is 1. The minimum absolute atomic E-state index is 0.0276. The van der Waals surface area contributed by atoms with Gasteiger partial charge in [-0.15, -0.1) is 0 Å². The van der Waals surface area contributed by atoms with Gasteiger partial charge in [-0.25, -0.2) is 4.39 Å². The Morgan fingerprint density at radius 1 is 1.21 bits per heavy atom. The van der Waals surface area contributed by atoms with Crippen molar-refractivity contribution in [2.75, 3.05) is 23.9 Å². The predicted octanol–water partition coefficient (Wildman–Crippen LogP) is 6.31. The maximum atomic E-state index is 13.7. The summed E-state index contributed by atoms with van der Waals surface area (Å²) in [6.45, 7) is 1.89. The van der Waals surface area contributed by atoms with Crippen molar-refractivity contribution >= 4 is 50.5 Å². The molecule has 2 aromatic carbocycles. The van der Waals surface area contributed by atoms with Gasteiger partial charge in [-0.3, -0.25) is 9.78 Å². The lowest BCUT2D eigenvalue weighted by molar-refractivity contribution is -0.119. The average Bonchev–Trinajstić information content (AvgIpc) is 3.50. The Labute approximate surface area is 233 Å². The zero-order valence-corrected chi connectivity index (χ0v) is 23.0. The molecular weight excluding hydrogens is 571 g/mol. The number of aromatic nitrogens is 1. The number of pyridine rings is 1. The van der Waals surface area contributed by atoms with Crippen LogP contribution in [0.4, 0.5) is 15.8 Å². The molecule has 1 aliphatic rings. The minimum Gasteiger partial charge on any atom is -0.459 e. The first-order valence-corrected chi connectivity index (χ1v) is 13.0. The van der Waals surface area contributed by atoms with Crippen molar-refractivity contribution < 1.29 is 18.3 Å². The largest absolute Gasteiger partial charge is 0.459 e. The topological polar surface area (TPSA) is 79.6 Å². The molecule has 0 saturated carbocycles. The molecule has 38 heavy (non-hydrogen) atoms. The summed E-state index contributed by atoms with van der Waals surface area (Å²) in [6.07, 6.45) is 1.74. The predicted molar refractivity (Wildman–Crippen MR) is 151 cm³/mol. The van der Waals surface area contributed by atoms with Gasteiger partial charge < -0.3 is 24.7 Å². The molecule has 0 radical (unpaired) electrons. The number of thiocarbonyl (C=S) groups is 1. The van der Waals surface area contributed by atoms with Crippen molar-refractivity contribution in [3.63, 3.8) is 0 Å². The number of anilines is 2. The number of hydrogen-bond donors (Lipinski definition) is 2. The van der Waals surface area contributed by atoms with Gasteiger partial charge in [0.05, 0.1) is 11.7 Å². The van der Waals surface area contributed by atoms with Gasteiger partial charge in [-0.2, -0.15) is 0 Å². The molecule has 4 aromatic rings. The number of ether oxygens (including phenoxy) is 1. The Kier molecular flexibility index (Phi) is 7.55. The molecule has 0 bridgehead atoms. The molecular formula is C28H24BrFN4O3S. The number of rotatable bonds is 7. The number of nitrogens with zero attached hydrogens (tertiary/aromatic N) is 2. The van der Waals surface area contributed by atoms with E-state index >= 15 is 0 Å². The van der Waals surface area contributed by atoms with E-state index in [0.29, 0.717) is 26.8 Å². The van der Waals surface area contributed by atoms with Crippen LogP contribution in [0.3, 0.4) is 0 Å². The number of hydrogen-bond acceptors (Lipinski definition) is 5. The van der Waals surface area contributed by atoms with Gasteiger partial charge >= 0.3 is 0 Å². The molecule has 1 aliphatic heterocycles. The molecule has 0 spiro atoms. The second-order valence-electron chi connectivity index (χ2n) is 8.80. The van der Waals surface area contributed by atoms with Gasteiger partial charge in [-0.05, 0) is 101 Å². The number of halogens is 2. The van der Waals surface area contributed by atoms with Crippen LogP contribution >= 0.6 is 28.1 Å². The first kappa shape index (κ1) is 26.0. The average molecular weight is 595 g/mol. The molecule has 2 N–H and O–H groups in total. The van der Waals surface area contributed by atoms with Crippen LogP contribution in [0.1, 0.15) is 29.1 Å². The van der Waals surface area contributed by atoms with E-state index in [1.54, 1.807) is 12.3 Å². The molecule has 0 aliphatic carbocycles. The molecule has 10 heteroatoms. The number of methoxy groups -OCH3 is 1. The van der Waals surface area contributed by atoms with Crippen LogP contribution in [-0.4, -0.2) is 29.7 Å². The molecule has 2 aromatic heterocycles. The molecule has 7 nitrogen and oxygen atoms in total. The Morgan fingerprint density at radius 3 is 2.76 bits per heavy atom. The van der Waals surface area contributed by atoms with Crippen molar-refractivity contribution in [3.8, 4) is 11.3 Å². The van der Waals surface area contributed by atoms with Gasteiger partial charge in [0.15, 0.2) is 5.11 Å². The normalized spacial score (nSPS) is 16.9. The minimum atomic E-state index is -0.362.